The summed E-state index contributed by atoms with van der Waals surface area (Å²) in [6, 6.07) is 9.27. The Kier molecular flexibility index (Phi) is 4.96. The quantitative estimate of drug-likeness (QED) is 0.759. The maximum absolute atomic E-state index is 12.6. The highest BCUT2D eigenvalue weighted by atomic mass is 35.5. The normalized spacial score (nSPS) is 22.9. The number of aromatic nitrogens is 2. The van der Waals surface area contributed by atoms with Gasteiger partial charge in [-0.05, 0) is 18.6 Å². The fourth-order valence-corrected chi connectivity index (χ4v) is 5.80. The maximum Gasteiger partial charge on any atom is 0.292 e. The molecule has 1 atom stereocenters. The Labute approximate surface area is 163 Å². The van der Waals surface area contributed by atoms with E-state index in [4.69, 9.17) is 11.6 Å². The van der Waals surface area contributed by atoms with Crippen LogP contribution in [0.3, 0.4) is 0 Å². The molecule has 2 saturated heterocycles. The Balaban J connectivity index is 1.49. The number of halogens is 1. The number of para-hydroxylation sites is 1. The van der Waals surface area contributed by atoms with E-state index < -0.39 is 9.84 Å². The minimum absolute atomic E-state index is 0.108. The molecule has 3 heterocycles. The van der Waals surface area contributed by atoms with Crippen molar-refractivity contribution in [1.29, 1.82) is 0 Å². The Morgan fingerprint density at radius 1 is 1.07 bits per heavy atom. The molecule has 0 saturated carbocycles. The highest BCUT2D eigenvalue weighted by molar-refractivity contribution is 7.91. The number of benzene rings is 1. The summed E-state index contributed by atoms with van der Waals surface area (Å²) in [5.74, 6) is 0.535. The number of nitrogens with zero attached hydrogens (tertiary/aromatic N) is 4. The van der Waals surface area contributed by atoms with E-state index in [0.29, 0.717) is 30.9 Å². The Hall–Kier alpha value is -1.90. The zero-order valence-electron chi connectivity index (χ0n) is 14.8. The van der Waals surface area contributed by atoms with Gasteiger partial charge in [0.15, 0.2) is 9.84 Å². The van der Waals surface area contributed by atoms with Gasteiger partial charge < -0.3 is 4.90 Å². The molecule has 0 N–H and O–H groups in total. The summed E-state index contributed by atoms with van der Waals surface area (Å²) in [6.07, 6.45) is 2.34. The number of piperazine rings is 1. The fraction of sp³-hybridized carbons (Fsp3) is 0.444. The van der Waals surface area contributed by atoms with E-state index in [9.17, 15) is 13.2 Å². The third-order valence-corrected chi connectivity index (χ3v) is 7.39. The van der Waals surface area contributed by atoms with Gasteiger partial charge in [-0.25, -0.2) is 8.42 Å². The van der Waals surface area contributed by atoms with Gasteiger partial charge in [-0.15, -0.1) is 0 Å². The predicted octanol–water partition coefficient (Wildman–Crippen LogP) is 1.20. The zero-order chi connectivity index (χ0) is 19.0. The van der Waals surface area contributed by atoms with Crippen LogP contribution in [0.15, 0.2) is 41.3 Å². The van der Waals surface area contributed by atoms with Crippen molar-refractivity contribution in [3.63, 3.8) is 0 Å². The molecule has 0 radical (unpaired) electrons. The minimum Gasteiger partial charge on any atom is -0.366 e. The van der Waals surface area contributed by atoms with Gasteiger partial charge in [0.25, 0.3) is 5.56 Å². The Bertz CT molecular complexity index is 985. The lowest BCUT2D eigenvalue weighted by Crippen LogP contribution is -2.51. The van der Waals surface area contributed by atoms with Crippen molar-refractivity contribution in [3.05, 3.63) is 51.9 Å². The molecule has 9 heteroatoms. The number of sulfone groups is 1. The Morgan fingerprint density at radius 3 is 2.41 bits per heavy atom. The summed E-state index contributed by atoms with van der Waals surface area (Å²) in [5, 5.41) is 4.44. The summed E-state index contributed by atoms with van der Waals surface area (Å²) >= 11 is 6.37. The molecule has 7 nitrogen and oxygen atoms in total. The zero-order valence-corrected chi connectivity index (χ0v) is 16.4. The highest BCUT2D eigenvalue weighted by Crippen LogP contribution is 2.25. The Morgan fingerprint density at radius 2 is 1.78 bits per heavy atom. The first kappa shape index (κ1) is 18.5. The lowest BCUT2D eigenvalue weighted by Gasteiger charge is -2.38. The van der Waals surface area contributed by atoms with E-state index in [1.54, 1.807) is 18.3 Å². The van der Waals surface area contributed by atoms with Crippen LogP contribution < -0.4 is 10.5 Å². The first-order valence-corrected chi connectivity index (χ1v) is 11.2. The largest absolute Gasteiger partial charge is 0.366 e. The van der Waals surface area contributed by atoms with Gasteiger partial charge in [-0.3, -0.25) is 9.69 Å². The number of hydrogen-bond donors (Lipinski definition) is 0. The minimum atomic E-state index is -2.88. The lowest BCUT2D eigenvalue weighted by atomic mass is 10.2. The highest BCUT2D eigenvalue weighted by Gasteiger charge is 2.34. The fourth-order valence-electron chi connectivity index (χ4n) is 3.79. The topological polar surface area (TPSA) is 75.5 Å². The van der Waals surface area contributed by atoms with E-state index in [-0.39, 0.29) is 28.1 Å². The molecule has 0 spiro atoms. The van der Waals surface area contributed by atoms with Crippen molar-refractivity contribution < 1.29 is 8.42 Å². The van der Waals surface area contributed by atoms with Gasteiger partial charge in [0.05, 0.1) is 29.1 Å². The van der Waals surface area contributed by atoms with Crippen LogP contribution in [0.4, 0.5) is 5.69 Å². The summed E-state index contributed by atoms with van der Waals surface area (Å²) < 4.78 is 24.7. The summed E-state index contributed by atoms with van der Waals surface area (Å²) in [6.45, 7) is 2.87. The van der Waals surface area contributed by atoms with Crippen LogP contribution in [0.5, 0.6) is 0 Å². The van der Waals surface area contributed by atoms with Crippen LogP contribution in [0.2, 0.25) is 5.02 Å². The van der Waals surface area contributed by atoms with Crippen LogP contribution in [-0.2, 0) is 9.84 Å². The second-order valence-electron chi connectivity index (χ2n) is 6.98. The van der Waals surface area contributed by atoms with Gasteiger partial charge in [-0.1, -0.05) is 29.8 Å². The van der Waals surface area contributed by atoms with E-state index in [0.717, 1.165) is 13.1 Å². The average Bonchev–Trinajstić information content (AvgIpc) is 3.05. The van der Waals surface area contributed by atoms with Gasteiger partial charge in [0, 0.05) is 32.2 Å². The molecule has 0 bridgehead atoms. The second kappa shape index (κ2) is 7.26. The lowest BCUT2D eigenvalue weighted by molar-refractivity contribution is 0.200. The van der Waals surface area contributed by atoms with Gasteiger partial charge >= 0.3 is 0 Å². The molecule has 1 aromatic heterocycles. The van der Waals surface area contributed by atoms with Gasteiger partial charge in [0.1, 0.15) is 5.02 Å². The van der Waals surface area contributed by atoms with Crippen LogP contribution in [0, 0.1) is 0 Å². The van der Waals surface area contributed by atoms with Crippen molar-refractivity contribution in [1.82, 2.24) is 14.7 Å². The molecular weight excluding hydrogens is 388 g/mol. The third-order valence-electron chi connectivity index (χ3n) is 5.28. The van der Waals surface area contributed by atoms with Gasteiger partial charge in [0.2, 0.25) is 0 Å². The number of hydrogen-bond acceptors (Lipinski definition) is 6. The van der Waals surface area contributed by atoms with E-state index in [1.165, 1.54) is 4.68 Å². The predicted molar refractivity (Wildman–Crippen MR) is 106 cm³/mol. The maximum atomic E-state index is 12.6. The van der Waals surface area contributed by atoms with Gasteiger partial charge in [-0.2, -0.15) is 9.78 Å². The number of anilines is 1. The third kappa shape index (κ3) is 3.74. The smallest absolute Gasteiger partial charge is 0.292 e. The van der Waals surface area contributed by atoms with Crippen LogP contribution in [-0.4, -0.2) is 66.8 Å². The monoisotopic (exact) mass is 408 g/mol. The molecule has 1 aromatic carbocycles. The van der Waals surface area contributed by atoms with E-state index in [1.807, 2.05) is 23.1 Å². The standard InChI is InChI=1S/C18H21ClN4O3S/c19-17-16(12-20-23(18(17)24)14-4-2-1-3-5-14)22-9-7-21(8-10-22)15-6-11-27(25,26)13-15/h1-5,12,15H,6-11,13H2/t15-/m0/s1. The molecule has 2 aromatic rings. The molecule has 2 aliphatic heterocycles. The van der Waals surface area contributed by atoms with Crippen LogP contribution in [0.25, 0.3) is 5.69 Å². The van der Waals surface area contributed by atoms with Crippen molar-refractivity contribution in [2.45, 2.75) is 12.5 Å². The molecule has 4 rings (SSSR count). The molecule has 27 heavy (non-hydrogen) atoms. The molecule has 2 aliphatic rings. The molecule has 0 amide bonds. The first-order chi connectivity index (χ1) is 12.9. The van der Waals surface area contributed by atoms with Crippen molar-refractivity contribution in [3.8, 4) is 5.69 Å². The summed E-state index contributed by atoms with van der Waals surface area (Å²) in [7, 11) is -2.88. The van der Waals surface area contributed by atoms with Crippen molar-refractivity contribution >= 4 is 27.1 Å². The SMILES string of the molecule is O=c1c(Cl)c(N2CCN([C@H]3CCS(=O)(=O)C3)CC2)cnn1-c1ccccc1. The molecular formula is C18H21ClN4O3S. The molecule has 0 unspecified atom stereocenters. The van der Waals surface area contributed by atoms with Crippen molar-refractivity contribution in [2.75, 3.05) is 42.6 Å². The molecule has 2 fully saturated rings. The summed E-state index contributed by atoms with van der Waals surface area (Å²) in [4.78, 5) is 16.9. The summed E-state index contributed by atoms with van der Waals surface area (Å²) in [5.41, 5.74) is 0.959. The second-order valence-corrected chi connectivity index (χ2v) is 9.58. The van der Waals surface area contributed by atoms with Crippen LogP contribution in [0.1, 0.15) is 6.42 Å². The van der Waals surface area contributed by atoms with Crippen LogP contribution >= 0.6 is 11.6 Å². The van der Waals surface area contributed by atoms with Crippen molar-refractivity contribution in [2.24, 2.45) is 0 Å². The van der Waals surface area contributed by atoms with E-state index >= 15 is 0 Å². The molecule has 0 aliphatic carbocycles. The molecule has 144 valence electrons. The average molecular weight is 409 g/mol. The first-order valence-electron chi connectivity index (χ1n) is 8.97. The number of rotatable bonds is 3. The van der Waals surface area contributed by atoms with E-state index in [2.05, 4.69) is 10.00 Å².